The van der Waals surface area contributed by atoms with Gasteiger partial charge in [0.15, 0.2) is 0 Å². The minimum atomic E-state index is -0.101. The van der Waals surface area contributed by atoms with Crippen LogP contribution >= 0.6 is 12.4 Å². The molecule has 7 nitrogen and oxygen atoms in total. The average Bonchev–Trinajstić information content (AvgIpc) is 3.15. The first kappa shape index (κ1) is 18.5. The minimum absolute atomic E-state index is 0. The number of hydrogen-bond acceptors (Lipinski definition) is 4. The van der Waals surface area contributed by atoms with E-state index in [4.69, 9.17) is 0 Å². The van der Waals surface area contributed by atoms with Crippen LogP contribution in [0, 0.1) is 5.92 Å². The monoisotopic (exact) mass is 352 g/mol. The Hall–Kier alpha value is -1.86. The van der Waals surface area contributed by atoms with Gasteiger partial charge in [-0.3, -0.25) is 14.2 Å². The standard InChI is InChI=1S/C16H24N6O.ClH/c1-16(2,3)22-10-12(6-19-22)20-15(23)14-8-17-7-13(14)11-5-18-21(4)9-11;/h5-6,9-10,13-14,17H,7-8H2,1-4H3,(H,20,23);1H/t13-,14+;/m1./s1. The molecule has 1 saturated heterocycles. The molecular formula is C16H25ClN6O. The molecule has 132 valence electrons. The van der Waals surface area contributed by atoms with Crippen molar-refractivity contribution in [1.29, 1.82) is 0 Å². The highest BCUT2D eigenvalue weighted by atomic mass is 35.5. The highest BCUT2D eigenvalue weighted by Gasteiger charge is 2.34. The Labute approximate surface area is 148 Å². The Balaban J connectivity index is 0.00000208. The second kappa shape index (κ2) is 6.94. The van der Waals surface area contributed by atoms with Gasteiger partial charge in [-0.2, -0.15) is 10.2 Å². The van der Waals surface area contributed by atoms with E-state index < -0.39 is 0 Å². The van der Waals surface area contributed by atoms with Crippen LogP contribution in [0.15, 0.2) is 24.8 Å². The molecule has 0 aliphatic carbocycles. The number of anilines is 1. The van der Waals surface area contributed by atoms with Crippen LogP contribution in [-0.4, -0.2) is 38.6 Å². The second-order valence-corrected chi connectivity index (χ2v) is 7.15. The first-order valence-corrected chi connectivity index (χ1v) is 7.90. The lowest BCUT2D eigenvalue weighted by atomic mass is 9.90. The first-order valence-electron chi connectivity index (χ1n) is 7.90. The maximum atomic E-state index is 12.6. The SMILES string of the molecule is Cl.Cn1cc([C@H]2CNC[C@@H]2C(=O)Nc2cnn(C(C)(C)C)c2)cn1. The number of halogens is 1. The molecule has 2 atom stereocenters. The van der Waals surface area contributed by atoms with E-state index in [0.717, 1.165) is 17.8 Å². The lowest BCUT2D eigenvalue weighted by molar-refractivity contribution is -0.119. The molecule has 3 rings (SSSR count). The van der Waals surface area contributed by atoms with E-state index in [1.54, 1.807) is 10.9 Å². The normalized spacial score (nSPS) is 20.7. The van der Waals surface area contributed by atoms with Crippen molar-refractivity contribution >= 4 is 24.0 Å². The van der Waals surface area contributed by atoms with Crippen LogP contribution in [0.3, 0.4) is 0 Å². The van der Waals surface area contributed by atoms with Gasteiger partial charge in [0, 0.05) is 38.4 Å². The number of aryl methyl sites for hydroxylation is 1. The van der Waals surface area contributed by atoms with E-state index in [1.807, 2.05) is 30.3 Å². The highest BCUT2D eigenvalue weighted by Crippen LogP contribution is 2.29. The predicted molar refractivity (Wildman–Crippen MR) is 95.4 cm³/mol. The van der Waals surface area contributed by atoms with Gasteiger partial charge in [-0.15, -0.1) is 12.4 Å². The van der Waals surface area contributed by atoms with Gasteiger partial charge in [0.05, 0.1) is 29.5 Å². The van der Waals surface area contributed by atoms with Crippen molar-refractivity contribution < 1.29 is 4.79 Å². The number of nitrogens with one attached hydrogen (secondary N) is 2. The summed E-state index contributed by atoms with van der Waals surface area (Å²) in [6.07, 6.45) is 7.40. The molecule has 2 aromatic heterocycles. The van der Waals surface area contributed by atoms with Crippen LogP contribution in [0.2, 0.25) is 0 Å². The van der Waals surface area contributed by atoms with Crippen molar-refractivity contribution in [2.24, 2.45) is 13.0 Å². The molecule has 1 fully saturated rings. The molecule has 0 spiro atoms. The second-order valence-electron chi connectivity index (χ2n) is 7.15. The number of aromatic nitrogens is 4. The number of amides is 1. The Bertz CT molecular complexity index is 701. The van der Waals surface area contributed by atoms with Gasteiger partial charge in [-0.1, -0.05) is 0 Å². The van der Waals surface area contributed by atoms with E-state index in [0.29, 0.717) is 6.54 Å². The maximum Gasteiger partial charge on any atom is 0.229 e. The number of nitrogens with zero attached hydrogens (tertiary/aromatic N) is 4. The molecule has 24 heavy (non-hydrogen) atoms. The lowest BCUT2D eigenvalue weighted by Gasteiger charge is -2.19. The van der Waals surface area contributed by atoms with Crippen molar-refractivity contribution in [2.75, 3.05) is 18.4 Å². The number of hydrogen-bond donors (Lipinski definition) is 2. The summed E-state index contributed by atoms with van der Waals surface area (Å²) in [6.45, 7) is 7.70. The van der Waals surface area contributed by atoms with Gasteiger partial charge in [0.1, 0.15) is 0 Å². The summed E-state index contributed by atoms with van der Waals surface area (Å²) in [5.41, 5.74) is 1.74. The third-order valence-electron chi connectivity index (χ3n) is 4.24. The van der Waals surface area contributed by atoms with Crippen LogP contribution in [0.4, 0.5) is 5.69 Å². The quantitative estimate of drug-likeness (QED) is 0.882. The molecule has 1 amide bonds. The third-order valence-corrected chi connectivity index (χ3v) is 4.24. The lowest BCUT2D eigenvalue weighted by Crippen LogP contribution is -2.28. The van der Waals surface area contributed by atoms with Gasteiger partial charge < -0.3 is 10.6 Å². The molecular weight excluding hydrogens is 328 g/mol. The first-order chi connectivity index (χ1) is 10.8. The Morgan fingerprint density at radius 1 is 1.25 bits per heavy atom. The van der Waals surface area contributed by atoms with E-state index in [-0.39, 0.29) is 35.7 Å². The Kier molecular flexibility index (Phi) is 5.35. The zero-order valence-corrected chi connectivity index (χ0v) is 15.3. The average molecular weight is 353 g/mol. The van der Waals surface area contributed by atoms with Crippen LogP contribution < -0.4 is 10.6 Å². The summed E-state index contributed by atoms with van der Waals surface area (Å²) < 4.78 is 3.63. The maximum absolute atomic E-state index is 12.6. The van der Waals surface area contributed by atoms with Gasteiger partial charge >= 0.3 is 0 Å². The van der Waals surface area contributed by atoms with Crippen molar-refractivity contribution in [1.82, 2.24) is 24.9 Å². The van der Waals surface area contributed by atoms with Gasteiger partial charge in [0.25, 0.3) is 0 Å². The molecule has 1 aliphatic rings. The number of rotatable bonds is 3. The molecule has 0 radical (unpaired) electrons. The summed E-state index contributed by atoms with van der Waals surface area (Å²) in [5.74, 6) is 0.0795. The summed E-state index contributed by atoms with van der Waals surface area (Å²) in [7, 11) is 1.89. The van der Waals surface area contributed by atoms with E-state index in [9.17, 15) is 4.79 Å². The molecule has 8 heteroatoms. The molecule has 0 aromatic carbocycles. The summed E-state index contributed by atoms with van der Waals surface area (Å²) in [5, 5.41) is 14.8. The van der Waals surface area contributed by atoms with E-state index in [2.05, 4.69) is 41.6 Å². The summed E-state index contributed by atoms with van der Waals surface area (Å²) in [6, 6.07) is 0. The Morgan fingerprint density at radius 3 is 2.58 bits per heavy atom. The summed E-state index contributed by atoms with van der Waals surface area (Å²) in [4.78, 5) is 12.6. The van der Waals surface area contributed by atoms with E-state index in [1.165, 1.54) is 0 Å². The largest absolute Gasteiger partial charge is 0.323 e. The van der Waals surface area contributed by atoms with Crippen LogP contribution in [0.5, 0.6) is 0 Å². The highest BCUT2D eigenvalue weighted by molar-refractivity contribution is 5.93. The van der Waals surface area contributed by atoms with Crippen LogP contribution in [0.1, 0.15) is 32.3 Å². The van der Waals surface area contributed by atoms with Crippen molar-refractivity contribution in [3.63, 3.8) is 0 Å². The Morgan fingerprint density at radius 2 is 2.00 bits per heavy atom. The van der Waals surface area contributed by atoms with Crippen LogP contribution in [-0.2, 0) is 17.4 Å². The molecule has 0 unspecified atom stereocenters. The van der Waals surface area contributed by atoms with Crippen LogP contribution in [0.25, 0.3) is 0 Å². The summed E-state index contributed by atoms with van der Waals surface area (Å²) >= 11 is 0. The fourth-order valence-corrected chi connectivity index (χ4v) is 2.93. The molecule has 2 aromatic rings. The van der Waals surface area contributed by atoms with Gasteiger partial charge in [-0.25, -0.2) is 0 Å². The third kappa shape index (κ3) is 3.79. The van der Waals surface area contributed by atoms with Gasteiger partial charge in [0.2, 0.25) is 5.91 Å². The fourth-order valence-electron chi connectivity index (χ4n) is 2.93. The van der Waals surface area contributed by atoms with Gasteiger partial charge in [-0.05, 0) is 26.3 Å². The topological polar surface area (TPSA) is 76.8 Å². The minimum Gasteiger partial charge on any atom is -0.323 e. The zero-order chi connectivity index (χ0) is 16.6. The molecule has 0 saturated carbocycles. The predicted octanol–water partition coefficient (Wildman–Crippen LogP) is 1.74. The number of carbonyl (C=O) groups excluding carboxylic acids is 1. The number of carbonyl (C=O) groups is 1. The van der Waals surface area contributed by atoms with E-state index >= 15 is 0 Å². The molecule has 1 aliphatic heterocycles. The molecule has 0 bridgehead atoms. The van der Waals surface area contributed by atoms with Crippen molar-refractivity contribution in [2.45, 2.75) is 32.2 Å². The van der Waals surface area contributed by atoms with Crippen molar-refractivity contribution in [3.8, 4) is 0 Å². The molecule has 2 N–H and O–H groups in total. The molecule has 3 heterocycles. The smallest absolute Gasteiger partial charge is 0.229 e. The van der Waals surface area contributed by atoms with Crippen molar-refractivity contribution in [3.05, 3.63) is 30.4 Å². The zero-order valence-electron chi connectivity index (χ0n) is 14.5. The fraction of sp³-hybridized carbons (Fsp3) is 0.562.